The van der Waals surface area contributed by atoms with E-state index < -0.39 is 30.3 Å². The van der Waals surface area contributed by atoms with Gasteiger partial charge in [-0.2, -0.15) is 5.06 Å². The van der Waals surface area contributed by atoms with E-state index >= 15 is 0 Å². The van der Waals surface area contributed by atoms with Gasteiger partial charge >= 0.3 is 6.09 Å². The summed E-state index contributed by atoms with van der Waals surface area (Å²) >= 11 is 0. The second-order valence-electron chi connectivity index (χ2n) is 15.3. The second kappa shape index (κ2) is 14.8. The normalized spacial score (nSPS) is 27.5. The van der Waals surface area contributed by atoms with Crippen LogP contribution in [0.25, 0.3) is 11.1 Å². The molecule has 0 radical (unpaired) electrons. The van der Waals surface area contributed by atoms with Crippen LogP contribution >= 0.6 is 0 Å². The molecule has 3 aliphatic carbocycles. The zero-order chi connectivity index (χ0) is 36.7. The number of nitrogens with zero attached hydrogens (tertiary/aromatic N) is 3. The SMILES string of the molecule is CNC(=O)c1cc(-c2cccc(CN3O[C@@H](CN)[C@@H]([C@H](C)OC(=O)N(C)C)[C@H]3C(=O)N[C@H]3C[C@H]4C[C@@H](C3C)C4(C)C)c2OC)cc(N(C)C)c1. The van der Waals surface area contributed by atoms with Gasteiger partial charge in [-0.05, 0) is 66.7 Å². The van der Waals surface area contributed by atoms with Crippen molar-refractivity contribution in [3.8, 4) is 16.9 Å². The minimum atomic E-state index is -0.794. The summed E-state index contributed by atoms with van der Waals surface area (Å²) in [5, 5.41) is 7.81. The number of fused-ring (bicyclic) bond motifs is 2. The van der Waals surface area contributed by atoms with Crippen molar-refractivity contribution in [2.45, 2.75) is 71.4 Å². The average molecular weight is 693 g/mol. The summed E-state index contributed by atoms with van der Waals surface area (Å²) in [5.41, 5.74) is 10.3. The van der Waals surface area contributed by atoms with Gasteiger partial charge in [-0.15, -0.1) is 0 Å². The molecule has 1 unspecified atom stereocenters. The van der Waals surface area contributed by atoms with Crippen LogP contribution in [0.15, 0.2) is 36.4 Å². The maximum atomic E-state index is 14.5. The van der Waals surface area contributed by atoms with Crippen LogP contribution < -0.4 is 26.0 Å². The van der Waals surface area contributed by atoms with E-state index in [4.69, 9.17) is 20.0 Å². The third kappa shape index (κ3) is 7.02. The predicted molar refractivity (Wildman–Crippen MR) is 194 cm³/mol. The molecule has 50 heavy (non-hydrogen) atoms. The fourth-order valence-corrected chi connectivity index (χ4v) is 8.50. The molecular weight excluding hydrogens is 636 g/mol. The fraction of sp³-hybridized carbons (Fsp3) is 0.605. The molecule has 4 N–H and O–H groups in total. The van der Waals surface area contributed by atoms with E-state index in [1.54, 1.807) is 40.2 Å². The van der Waals surface area contributed by atoms with E-state index in [2.05, 4.69) is 31.4 Å². The highest BCUT2D eigenvalue weighted by Crippen LogP contribution is 2.61. The van der Waals surface area contributed by atoms with Crippen molar-refractivity contribution >= 4 is 23.6 Å². The lowest BCUT2D eigenvalue weighted by molar-refractivity contribution is -0.175. The van der Waals surface area contributed by atoms with Gasteiger partial charge < -0.3 is 35.6 Å². The molecule has 12 heteroatoms. The highest BCUT2D eigenvalue weighted by molar-refractivity contribution is 5.97. The molecule has 4 fully saturated rings. The number of para-hydroxylation sites is 1. The van der Waals surface area contributed by atoms with Crippen molar-refractivity contribution in [3.63, 3.8) is 0 Å². The first-order valence-corrected chi connectivity index (χ1v) is 17.6. The maximum absolute atomic E-state index is 14.5. The third-order valence-electron chi connectivity index (χ3n) is 11.6. The number of ether oxygens (including phenoxy) is 2. The first-order chi connectivity index (χ1) is 23.6. The Balaban J connectivity index is 1.50. The molecule has 8 atom stereocenters. The van der Waals surface area contributed by atoms with Gasteiger partial charge in [0.15, 0.2) is 0 Å². The van der Waals surface area contributed by atoms with Crippen molar-refractivity contribution < 1.29 is 28.7 Å². The molecule has 0 aromatic heterocycles. The van der Waals surface area contributed by atoms with Crippen LogP contribution in [0.2, 0.25) is 0 Å². The number of hydroxylamine groups is 2. The summed E-state index contributed by atoms with van der Waals surface area (Å²) in [6.07, 6.45) is 0.389. The van der Waals surface area contributed by atoms with Crippen molar-refractivity contribution in [3.05, 3.63) is 47.5 Å². The highest BCUT2D eigenvalue weighted by atomic mass is 16.7. The number of carbonyl (C=O) groups excluding carboxylic acids is 3. The Kier molecular flexibility index (Phi) is 11.0. The van der Waals surface area contributed by atoms with Gasteiger partial charge in [0.25, 0.3) is 5.91 Å². The van der Waals surface area contributed by atoms with Crippen LogP contribution in [-0.2, 0) is 20.9 Å². The molecule has 1 aliphatic heterocycles. The Labute approximate surface area is 296 Å². The van der Waals surface area contributed by atoms with Gasteiger partial charge in [-0.1, -0.05) is 39.0 Å². The number of benzene rings is 2. The summed E-state index contributed by atoms with van der Waals surface area (Å²) in [4.78, 5) is 49.7. The number of carbonyl (C=O) groups is 3. The quantitative estimate of drug-likeness (QED) is 0.318. The van der Waals surface area contributed by atoms with Crippen LogP contribution in [0.4, 0.5) is 10.5 Å². The second-order valence-corrected chi connectivity index (χ2v) is 15.3. The van der Waals surface area contributed by atoms with Gasteiger partial charge in [0.05, 0.1) is 25.7 Å². The number of nitrogens with one attached hydrogen (secondary N) is 2. The molecule has 3 saturated carbocycles. The zero-order valence-electron chi connectivity index (χ0n) is 31.3. The Morgan fingerprint density at radius 2 is 1.84 bits per heavy atom. The number of methoxy groups -OCH3 is 1. The van der Waals surface area contributed by atoms with E-state index in [1.807, 2.05) is 55.4 Å². The lowest BCUT2D eigenvalue weighted by Crippen LogP contribution is -2.62. The van der Waals surface area contributed by atoms with Gasteiger partial charge in [0.1, 0.15) is 17.9 Å². The Morgan fingerprint density at radius 1 is 1.12 bits per heavy atom. The van der Waals surface area contributed by atoms with Crippen LogP contribution in [0.5, 0.6) is 5.75 Å². The van der Waals surface area contributed by atoms with Crippen LogP contribution in [0.1, 0.15) is 56.5 Å². The molecule has 1 heterocycles. The summed E-state index contributed by atoms with van der Waals surface area (Å²) in [5.74, 6) is 1.15. The average Bonchev–Trinajstić information content (AvgIpc) is 3.46. The van der Waals surface area contributed by atoms with Crippen LogP contribution in [0, 0.1) is 29.1 Å². The zero-order valence-corrected chi connectivity index (χ0v) is 31.3. The van der Waals surface area contributed by atoms with E-state index in [0.29, 0.717) is 29.1 Å². The van der Waals surface area contributed by atoms with E-state index in [0.717, 1.165) is 28.8 Å². The molecule has 1 saturated heterocycles. The minimum absolute atomic E-state index is 0.0367. The van der Waals surface area contributed by atoms with Gasteiger partial charge in [0.2, 0.25) is 5.91 Å². The summed E-state index contributed by atoms with van der Waals surface area (Å²) < 4.78 is 11.9. The number of amides is 3. The van der Waals surface area contributed by atoms with Crippen LogP contribution in [0.3, 0.4) is 0 Å². The lowest BCUT2D eigenvalue weighted by atomic mass is 9.45. The standard InChI is InChI=1S/C38H56N6O6/c1-21-29-17-26(38(29,3)4)18-30(21)41-36(46)33-32(22(2)49-37(47)43(8)9)31(19-39)50-44(33)20-23-12-11-13-28(34(23)48-10)24-14-25(35(45)40-5)16-27(15-24)42(6)7/h11-16,21-22,26,29-33H,17-20,39H2,1-10H3,(H,40,45)(H,41,46)/t21?,22-,26+,29-,30-,31-,32+,33-/m0/s1. The summed E-state index contributed by atoms with van der Waals surface area (Å²) in [6, 6.07) is 10.8. The summed E-state index contributed by atoms with van der Waals surface area (Å²) in [7, 11) is 10.3. The van der Waals surface area contributed by atoms with Crippen molar-refractivity contribution in [1.29, 1.82) is 0 Å². The molecular formula is C38H56N6O6. The topological polar surface area (TPSA) is 139 Å². The van der Waals surface area contributed by atoms with Gasteiger partial charge in [-0.3, -0.25) is 14.4 Å². The smallest absolute Gasteiger partial charge is 0.409 e. The lowest BCUT2D eigenvalue weighted by Gasteiger charge is -2.62. The molecule has 2 aromatic carbocycles. The number of hydrogen-bond acceptors (Lipinski definition) is 9. The first-order valence-electron chi connectivity index (χ1n) is 17.6. The summed E-state index contributed by atoms with van der Waals surface area (Å²) in [6.45, 7) is 9.05. The van der Waals surface area contributed by atoms with Gasteiger partial charge in [-0.25, -0.2) is 4.79 Å². The third-order valence-corrected chi connectivity index (χ3v) is 11.6. The van der Waals surface area contributed by atoms with Crippen molar-refractivity contribution in [2.75, 3.05) is 53.8 Å². The minimum Gasteiger partial charge on any atom is -0.496 e. The first kappa shape index (κ1) is 37.4. The molecule has 3 amide bonds. The van der Waals surface area contributed by atoms with Crippen LogP contribution in [-0.4, -0.2) is 101 Å². The molecule has 12 nitrogen and oxygen atoms in total. The molecule has 2 bridgehead atoms. The number of rotatable bonds is 11. The largest absolute Gasteiger partial charge is 0.496 e. The molecule has 274 valence electrons. The Bertz CT molecular complexity index is 1580. The molecule has 0 spiro atoms. The van der Waals surface area contributed by atoms with Gasteiger partial charge in [0, 0.05) is 70.2 Å². The Morgan fingerprint density at radius 3 is 2.42 bits per heavy atom. The Hall–Kier alpha value is -3.87. The highest BCUT2D eigenvalue weighted by Gasteiger charge is 2.57. The van der Waals surface area contributed by atoms with Crippen molar-refractivity contribution in [1.82, 2.24) is 20.6 Å². The number of nitrogens with two attached hydrogens (primary N) is 1. The van der Waals surface area contributed by atoms with E-state index in [1.165, 1.54) is 11.3 Å². The fourth-order valence-electron chi connectivity index (χ4n) is 8.50. The molecule has 4 aliphatic rings. The van der Waals surface area contributed by atoms with E-state index in [9.17, 15) is 14.4 Å². The van der Waals surface area contributed by atoms with E-state index in [-0.39, 0.29) is 36.4 Å². The van der Waals surface area contributed by atoms with Crippen molar-refractivity contribution in [2.24, 2.45) is 34.8 Å². The number of hydrogen-bond donors (Lipinski definition) is 3. The molecule has 2 aromatic rings. The monoisotopic (exact) mass is 692 g/mol. The predicted octanol–water partition coefficient (Wildman–Crippen LogP) is 4.12. The maximum Gasteiger partial charge on any atom is 0.409 e. The number of anilines is 1. The molecule has 6 rings (SSSR count).